The van der Waals surface area contributed by atoms with Crippen molar-refractivity contribution >= 4 is 11.6 Å². The minimum atomic E-state index is -1.47. The van der Waals surface area contributed by atoms with E-state index in [1.54, 1.807) is 30.3 Å². The average Bonchev–Trinajstić information content (AvgIpc) is 4.00. The highest BCUT2D eigenvalue weighted by molar-refractivity contribution is 6.03. The number of ether oxygens (including phenoxy) is 5. The average molecular weight is 875 g/mol. The number of rotatable bonds is 20. The first-order valence-corrected chi connectivity index (χ1v) is 22.9. The largest absolute Gasteiger partial charge is 0.492 e. The van der Waals surface area contributed by atoms with Gasteiger partial charge in [0.15, 0.2) is 11.5 Å². The molecule has 13 heteroatoms. The normalized spacial score (nSPS) is 24.7. The van der Waals surface area contributed by atoms with E-state index in [1.807, 2.05) is 56.0 Å². The molecular weight excluding hydrogens is 813 g/mol. The van der Waals surface area contributed by atoms with Gasteiger partial charge >= 0.3 is 0 Å². The molecule has 340 valence electrons. The monoisotopic (exact) mass is 874 g/mol. The zero-order valence-electron chi connectivity index (χ0n) is 37.4. The highest BCUT2D eigenvalue weighted by atomic mass is 16.7. The molecule has 8 rings (SSSR count). The second-order valence-corrected chi connectivity index (χ2v) is 18.5. The molecule has 0 radical (unpaired) electrons. The first-order valence-electron chi connectivity index (χ1n) is 22.9. The summed E-state index contributed by atoms with van der Waals surface area (Å²) < 4.78 is 32.6. The van der Waals surface area contributed by atoms with Gasteiger partial charge in [0.1, 0.15) is 29.7 Å². The number of fused-ring (bicyclic) bond motifs is 3. The topological polar surface area (TPSA) is 155 Å². The summed E-state index contributed by atoms with van der Waals surface area (Å²) in [6.07, 6.45) is 8.91. The Morgan fingerprint density at radius 3 is 2.47 bits per heavy atom. The predicted molar refractivity (Wildman–Crippen MR) is 241 cm³/mol. The molecule has 0 bridgehead atoms. The lowest BCUT2D eigenvalue weighted by Gasteiger charge is -2.60. The van der Waals surface area contributed by atoms with Gasteiger partial charge in [-0.2, -0.15) is 5.26 Å². The Morgan fingerprint density at radius 1 is 1.00 bits per heavy atom. The Balaban J connectivity index is 1.34. The fourth-order valence-corrected chi connectivity index (χ4v) is 9.93. The summed E-state index contributed by atoms with van der Waals surface area (Å²) >= 11 is 0. The van der Waals surface area contributed by atoms with Crippen LogP contribution in [-0.4, -0.2) is 102 Å². The molecule has 0 spiro atoms. The van der Waals surface area contributed by atoms with Crippen LogP contribution in [0.25, 0.3) is 0 Å². The highest BCUT2D eigenvalue weighted by Gasteiger charge is 2.65. The minimum absolute atomic E-state index is 0.0567. The summed E-state index contributed by atoms with van der Waals surface area (Å²) in [7, 11) is 0. The molecule has 3 aliphatic heterocycles. The summed E-state index contributed by atoms with van der Waals surface area (Å²) in [5, 5.41) is 34.6. The summed E-state index contributed by atoms with van der Waals surface area (Å²) in [6, 6.07) is 19.8. The number of carbonyl (C=O) groups excluding carboxylic acids is 1. The van der Waals surface area contributed by atoms with Gasteiger partial charge in [0.25, 0.3) is 5.91 Å². The predicted octanol–water partition coefficient (Wildman–Crippen LogP) is 7.76. The molecule has 2 fully saturated rings. The first-order chi connectivity index (χ1) is 31.0. The van der Waals surface area contributed by atoms with Crippen molar-refractivity contribution in [3.63, 3.8) is 0 Å². The summed E-state index contributed by atoms with van der Waals surface area (Å²) in [6.45, 7) is 14.1. The molecule has 1 amide bonds. The molecule has 0 aromatic heterocycles. The Labute approximate surface area is 376 Å². The van der Waals surface area contributed by atoms with Crippen molar-refractivity contribution in [2.45, 2.75) is 95.6 Å². The molecule has 1 saturated heterocycles. The summed E-state index contributed by atoms with van der Waals surface area (Å²) in [4.78, 5) is 25.9. The van der Waals surface area contributed by atoms with Gasteiger partial charge in [0, 0.05) is 62.9 Å². The van der Waals surface area contributed by atoms with Crippen LogP contribution >= 0.6 is 0 Å². The lowest BCUT2D eigenvalue weighted by Crippen LogP contribution is -2.70. The van der Waals surface area contributed by atoms with E-state index in [-0.39, 0.29) is 63.2 Å². The fraction of sp³-hybridized carbons (Fsp3) is 0.510. The van der Waals surface area contributed by atoms with Gasteiger partial charge < -0.3 is 43.6 Å². The van der Waals surface area contributed by atoms with Gasteiger partial charge in [0.2, 0.25) is 12.6 Å². The Kier molecular flexibility index (Phi) is 14.0. The van der Waals surface area contributed by atoms with Crippen LogP contribution in [0.1, 0.15) is 98.7 Å². The molecule has 6 atom stereocenters. The highest BCUT2D eigenvalue weighted by Crippen LogP contribution is 2.62. The SMILES string of the molecule is C=CCO[C@@]12Oc3ccc(OCCN4CC4)cc3[C@H]3[C@H](CCCCO)[C@@H](CCCCO)C=C(C(=NOC(C)(C)C)C[C@@H]1N(Cc1ccc4c(c1)OCO4)C(=O)c1ccc(C#N)cc1)[C@H]32. The maximum Gasteiger partial charge on any atom is 0.254 e. The van der Waals surface area contributed by atoms with Gasteiger partial charge in [-0.1, -0.05) is 36.2 Å². The van der Waals surface area contributed by atoms with E-state index in [9.17, 15) is 15.5 Å². The van der Waals surface area contributed by atoms with E-state index in [2.05, 4.69) is 29.7 Å². The molecule has 2 aliphatic carbocycles. The minimum Gasteiger partial charge on any atom is -0.492 e. The maximum atomic E-state index is 15.4. The second-order valence-electron chi connectivity index (χ2n) is 18.5. The number of aliphatic hydroxyl groups is 2. The molecule has 0 unspecified atom stereocenters. The number of nitrogens with zero attached hydrogens (tertiary/aromatic N) is 4. The molecule has 3 heterocycles. The Morgan fingerprint density at radius 2 is 1.75 bits per heavy atom. The molecule has 3 aromatic rings. The molecule has 5 aliphatic rings. The molecule has 64 heavy (non-hydrogen) atoms. The van der Waals surface area contributed by atoms with Crippen molar-refractivity contribution in [3.8, 4) is 29.1 Å². The van der Waals surface area contributed by atoms with E-state index in [1.165, 1.54) is 0 Å². The van der Waals surface area contributed by atoms with Crippen LogP contribution in [0.5, 0.6) is 23.0 Å². The number of hydrogen-bond acceptors (Lipinski definition) is 12. The van der Waals surface area contributed by atoms with Crippen molar-refractivity contribution in [2.75, 3.05) is 52.9 Å². The third-order valence-corrected chi connectivity index (χ3v) is 13.0. The number of oxime groups is 1. The van der Waals surface area contributed by atoms with Crippen molar-refractivity contribution < 1.29 is 43.5 Å². The van der Waals surface area contributed by atoms with Crippen molar-refractivity contribution in [2.24, 2.45) is 22.9 Å². The van der Waals surface area contributed by atoms with Gasteiger partial charge in [-0.3, -0.25) is 9.69 Å². The van der Waals surface area contributed by atoms with Crippen LogP contribution in [-0.2, 0) is 16.1 Å². The number of allylic oxidation sites excluding steroid dienone is 1. The van der Waals surface area contributed by atoms with E-state index >= 15 is 4.79 Å². The van der Waals surface area contributed by atoms with Crippen LogP contribution in [0.4, 0.5) is 0 Å². The summed E-state index contributed by atoms with van der Waals surface area (Å²) in [5.41, 5.74) is 3.68. The molecule has 13 nitrogen and oxygen atoms in total. The lowest BCUT2D eigenvalue weighted by molar-refractivity contribution is -0.255. The number of benzene rings is 3. The van der Waals surface area contributed by atoms with Crippen LogP contribution < -0.4 is 18.9 Å². The number of hydrogen-bond donors (Lipinski definition) is 2. The van der Waals surface area contributed by atoms with Crippen LogP contribution in [0.15, 0.2) is 90.1 Å². The molecule has 3 aromatic carbocycles. The van der Waals surface area contributed by atoms with Gasteiger partial charge in [0.05, 0.1) is 29.9 Å². The number of nitriles is 1. The Bertz CT molecular complexity index is 2240. The van der Waals surface area contributed by atoms with Gasteiger partial charge in [-0.05, 0) is 124 Å². The van der Waals surface area contributed by atoms with E-state index < -0.39 is 23.3 Å². The lowest BCUT2D eigenvalue weighted by atomic mass is 9.55. The standard InChI is InChI=1S/C51H62N4O9/c1-5-25-62-51-46(55(49(58)36-15-12-34(31-52)13-16-36)32-35-14-18-44-45(27-35)61-33-60-44)30-42(53-64-50(2,3)4)40-28-37(10-6-8-23-56)39(11-7-9-24-57)47(48(40)51)41-29-38(17-19-43(41)63-51)59-26-22-54-20-21-54/h5,12-19,27-29,37,39,46-48,56-57H,1,6-11,20-26,30,32-33H2,2-4H3/t37-,39+,46-,47+,48+,51+/m0/s1. The van der Waals surface area contributed by atoms with Crippen LogP contribution in [0.3, 0.4) is 0 Å². The number of aliphatic hydroxyl groups excluding tert-OH is 2. The van der Waals surface area contributed by atoms with Crippen LogP contribution in [0, 0.1) is 29.1 Å². The van der Waals surface area contributed by atoms with E-state index in [4.69, 9.17) is 33.7 Å². The van der Waals surface area contributed by atoms with Gasteiger partial charge in [-0.25, -0.2) is 0 Å². The molecule has 1 saturated carbocycles. The number of unbranched alkanes of at least 4 members (excludes halogenated alkanes) is 2. The molecular formula is C51H62N4O9. The zero-order chi connectivity index (χ0) is 44.8. The van der Waals surface area contributed by atoms with E-state index in [0.29, 0.717) is 53.5 Å². The van der Waals surface area contributed by atoms with Crippen molar-refractivity contribution in [1.82, 2.24) is 9.80 Å². The fourth-order valence-electron chi connectivity index (χ4n) is 9.93. The number of carbonyl (C=O) groups is 1. The van der Waals surface area contributed by atoms with Gasteiger partial charge in [-0.15, -0.1) is 6.58 Å². The summed E-state index contributed by atoms with van der Waals surface area (Å²) in [5.74, 6) is 0.319. The smallest absolute Gasteiger partial charge is 0.254 e. The maximum absolute atomic E-state index is 15.4. The quantitative estimate of drug-likeness (QED) is 0.0496. The molecule has 2 N–H and O–H groups in total. The third kappa shape index (κ3) is 9.81. The Hall–Kier alpha value is -5.39. The zero-order valence-corrected chi connectivity index (χ0v) is 37.4. The first kappa shape index (κ1) is 45.2. The number of amides is 1. The van der Waals surface area contributed by atoms with Crippen molar-refractivity contribution in [3.05, 3.63) is 107 Å². The van der Waals surface area contributed by atoms with Crippen LogP contribution in [0.2, 0.25) is 0 Å². The third-order valence-electron chi connectivity index (χ3n) is 13.0. The second kappa shape index (κ2) is 19.8. The van der Waals surface area contributed by atoms with E-state index in [0.717, 1.165) is 67.8 Å². The van der Waals surface area contributed by atoms with Crippen molar-refractivity contribution in [1.29, 1.82) is 5.26 Å².